The zero-order valence-electron chi connectivity index (χ0n) is 15.9. The van der Waals surface area contributed by atoms with Crippen molar-refractivity contribution >= 4 is 27.6 Å². The van der Waals surface area contributed by atoms with Crippen LogP contribution in [0.1, 0.15) is 44.9 Å². The van der Waals surface area contributed by atoms with E-state index in [-0.39, 0.29) is 17.5 Å². The quantitative estimate of drug-likeness (QED) is 0.539. The van der Waals surface area contributed by atoms with Crippen LogP contribution in [-0.2, 0) is 15.1 Å². The second-order valence-electron chi connectivity index (χ2n) is 7.23. The summed E-state index contributed by atoms with van der Waals surface area (Å²) in [6.07, 6.45) is -1.08. The Labute approximate surface area is 168 Å². The molecule has 1 saturated carbocycles. The molecule has 0 spiro atoms. The normalized spacial score (nSPS) is 17.0. The number of carbonyl (C=O) groups is 1. The van der Waals surface area contributed by atoms with Crippen LogP contribution in [0.3, 0.4) is 0 Å². The van der Waals surface area contributed by atoms with E-state index in [2.05, 4.69) is 5.32 Å². The lowest BCUT2D eigenvalue weighted by Gasteiger charge is -2.26. The van der Waals surface area contributed by atoms with Crippen molar-refractivity contribution in [3.63, 3.8) is 0 Å². The number of anilines is 2. The van der Waals surface area contributed by atoms with Crippen LogP contribution >= 0.6 is 0 Å². The highest BCUT2D eigenvalue weighted by molar-refractivity contribution is 7.87. The van der Waals surface area contributed by atoms with E-state index in [1.165, 1.54) is 24.3 Å². The molecule has 1 amide bonds. The molecule has 1 aliphatic carbocycles. The predicted molar refractivity (Wildman–Crippen MR) is 104 cm³/mol. The highest BCUT2D eigenvalue weighted by Crippen LogP contribution is 2.27. The Kier molecular flexibility index (Phi) is 7.89. The maximum atomic E-state index is 12.3. The van der Waals surface area contributed by atoms with Crippen molar-refractivity contribution in [1.29, 1.82) is 0 Å². The summed E-state index contributed by atoms with van der Waals surface area (Å²) in [7, 11) is -4.74. The Morgan fingerprint density at radius 3 is 2.31 bits per heavy atom. The van der Waals surface area contributed by atoms with Crippen molar-refractivity contribution in [2.45, 2.75) is 57.2 Å². The number of nitrogens with zero attached hydrogens (tertiary/aromatic N) is 1. The third kappa shape index (κ3) is 7.48. The van der Waals surface area contributed by atoms with Crippen molar-refractivity contribution in [2.24, 2.45) is 11.7 Å². The summed E-state index contributed by atoms with van der Waals surface area (Å²) in [5.74, 6) is -0.229. The van der Waals surface area contributed by atoms with E-state index in [4.69, 9.17) is 5.73 Å². The summed E-state index contributed by atoms with van der Waals surface area (Å²) in [5.41, 5.74) is 6.40. The summed E-state index contributed by atoms with van der Waals surface area (Å²) in [4.78, 5) is 12.3. The summed E-state index contributed by atoms with van der Waals surface area (Å²) in [6, 6.07) is 4.75. The molecule has 29 heavy (non-hydrogen) atoms. The first kappa shape index (κ1) is 23.4. The van der Waals surface area contributed by atoms with Gasteiger partial charge in [0.15, 0.2) is 0 Å². The largest absolute Gasteiger partial charge is 0.389 e. The number of amides is 1. The fourth-order valence-corrected chi connectivity index (χ4v) is 4.19. The molecule has 7 nitrogen and oxygen atoms in total. The van der Waals surface area contributed by atoms with E-state index in [1.807, 2.05) is 0 Å². The Bertz CT molecular complexity index is 779. The van der Waals surface area contributed by atoms with Crippen LogP contribution in [0.5, 0.6) is 0 Å². The van der Waals surface area contributed by atoms with E-state index in [9.17, 15) is 30.9 Å². The molecule has 164 valence electrons. The molecule has 1 fully saturated rings. The van der Waals surface area contributed by atoms with Gasteiger partial charge in [-0.05, 0) is 49.4 Å². The van der Waals surface area contributed by atoms with Gasteiger partial charge in [0.25, 0.3) is 0 Å². The molecule has 0 unspecified atom stereocenters. The molecule has 1 aromatic rings. The minimum absolute atomic E-state index is 0.00995. The molecule has 2 rings (SSSR count). The fourth-order valence-electron chi connectivity index (χ4n) is 3.44. The van der Waals surface area contributed by atoms with Crippen LogP contribution in [0, 0.1) is 5.92 Å². The molecular formula is C18H26F3N3O4S. The highest BCUT2D eigenvalue weighted by Gasteiger charge is 2.29. The average molecular weight is 437 g/mol. The lowest BCUT2D eigenvalue weighted by atomic mass is 9.84. The molecule has 0 radical (unpaired) electrons. The minimum atomic E-state index is -4.74. The number of nitrogens with two attached hydrogens (primary N) is 1. The van der Waals surface area contributed by atoms with E-state index in [0.717, 1.165) is 32.1 Å². The molecule has 0 aromatic heterocycles. The van der Waals surface area contributed by atoms with Gasteiger partial charge in [-0.2, -0.15) is 21.6 Å². The van der Waals surface area contributed by atoms with E-state index < -0.39 is 41.9 Å². The Hall–Kier alpha value is -1.85. The number of hydrogen-bond acceptors (Lipinski definition) is 4. The first-order valence-corrected chi connectivity index (χ1v) is 10.9. The van der Waals surface area contributed by atoms with Gasteiger partial charge in [-0.15, -0.1) is 0 Å². The highest BCUT2D eigenvalue weighted by atomic mass is 32.2. The van der Waals surface area contributed by atoms with Gasteiger partial charge in [-0.25, -0.2) is 4.31 Å². The molecule has 0 heterocycles. The van der Waals surface area contributed by atoms with Crippen LogP contribution in [0.4, 0.5) is 24.5 Å². The van der Waals surface area contributed by atoms with Crippen molar-refractivity contribution in [1.82, 2.24) is 0 Å². The van der Waals surface area contributed by atoms with Crippen LogP contribution in [0.15, 0.2) is 24.3 Å². The first-order chi connectivity index (χ1) is 13.5. The van der Waals surface area contributed by atoms with E-state index >= 15 is 0 Å². The third-order valence-electron chi connectivity index (χ3n) is 4.98. The number of alkyl halides is 3. The monoisotopic (exact) mass is 437 g/mol. The zero-order valence-corrected chi connectivity index (χ0v) is 16.7. The van der Waals surface area contributed by atoms with Gasteiger partial charge < -0.3 is 11.1 Å². The number of nitrogens with one attached hydrogen (secondary N) is 1. The molecule has 0 saturated heterocycles. The van der Waals surface area contributed by atoms with Gasteiger partial charge in [0.1, 0.15) is 0 Å². The standard InChI is InChI=1S/C18H26F3N3O4S/c19-18(20,21)11-4-12-24(29(26,27)28)15-9-7-14(8-10-15)23-17(25)16(22)13-5-2-1-3-6-13/h7-10,13,16H,1-6,11-12,22H2,(H,23,25)(H,26,27,28)/t16-/m0/s1. The van der Waals surface area contributed by atoms with Gasteiger partial charge >= 0.3 is 16.5 Å². The van der Waals surface area contributed by atoms with Crippen LogP contribution in [0.25, 0.3) is 0 Å². The summed E-state index contributed by atoms with van der Waals surface area (Å²) < 4.78 is 69.8. The summed E-state index contributed by atoms with van der Waals surface area (Å²) in [5, 5.41) is 2.66. The van der Waals surface area contributed by atoms with Crippen molar-refractivity contribution in [2.75, 3.05) is 16.2 Å². The maximum absolute atomic E-state index is 12.3. The zero-order chi connectivity index (χ0) is 21.7. The van der Waals surface area contributed by atoms with Gasteiger partial charge in [0.05, 0.1) is 11.7 Å². The number of benzene rings is 1. The topological polar surface area (TPSA) is 113 Å². The number of carbonyl (C=O) groups excluding carboxylic acids is 1. The number of halogens is 3. The fraction of sp³-hybridized carbons (Fsp3) is 0.611. The average Bonchev–Trinajstić information content (AvgIpc) is 2.64. The van der Waals surface area contributed by atoms with Gasteiger partial charge in [-0.1, -0.05) is 19.3 Å². The second-order valence-corrected chi connectivity index (χ2v) is 8.57. The van der Waals surface area contributed by atoms with Crippen molar-refractivity contribution < 1.29 is 30.9 Å². The molecule has 1 atom stereocenters. The Morgan fingerprint density at radius 2 is 1.79 bits per heavy atom. The Balaban J connectivity index is 2.01. The van der Waals surface area contributed by atoms with Crippen LogP contribution in [-0.4, -0.2) is 37.6 Å². The van der Waals surface area contributed by atoms with E-state index in [1.54, 1.807) is 0 Å². The predicted octanol–water partition coefficient (Wildman–Crippen LogP) is 3.48. The number of hydrogen-bond donors (Lipinski definition) is 3. The SMILES string of the molecule is N[C@H](C(=O)Nc1ccc(N(CCCC(F)(F)F)S(=O)(=O)O)cc1)C1CCCCC1. The lowest BCUT2D eigenvalue weighted by molar-refractivity contribution is -0.135. The lowest BCUT2D eigenvalue weighted by Crippen LogP contribution is -2.42. The molecule has 1 aromatic carbocycles. The number of rotatable bonds is 8. The molecular weight excluding hydrogens is 411 g/mol. The van der Waals surface area contributed by atoms with Crippen LogP contribution < -0.4 is 15.4 Å². The summed E-state index contributed by atoms with van der Waals surface area (Å²) >= 11 is 0. The minimum Gasteiger partial charge on any atom is -0.325 e. The van der Waals surface area contributed by atoms with Crippen molar-refractivity contribution in [3.05, 3.63) is 24.3 Å². The smallest absolute Gasteiger partial charge is 0.325 e. The molecule has 11 heteroatoms. The van der Waals surface area contributed by atoms with Gasteiger partial charge in [0, 0.05) is 18.7 Å². The first-order valence-electron chi connectivity index (χ1n) is 9.46. The van der Waals surface area contributed by atoms with Crippen LogP contribution in [0.2, 0.25) is 0 Å². The third-order valence-corrected chi connectivity index (χ3v) is 5.93. The molecule has 0 bridgehead atoms. The second kappa shape index (κ2) is 9.77. The molecule has 1 aliphatic rings. The van der Waals surface area contributed by atoms with Gasteiger partial charge in [0.2, 0.25) is 5.91 Å². The molecule has 4 N–H and O–H groups in total. The Morgan fingerprint density at radius 1 is 1.21 bits per heavy atom. The van der Waals surface area contributed by atoms with Crippen molar-refractivity contribution in [3.8, 4) is 0 Å². The van der Waals surface area contributed by atoms with Gasteiger partial charge in [-0.3, -0.25) is 9.35 Å². The summed E-state index contributed by atoms with van der Waals surface area (Å²) in [6.45, 7) is -0.531. The molecule has 0 aliphatic heterocycles. The van der Waals surface area contributed by atoms with E-state index in [0.29, 0.717) is 9.99 Å². The maximum Gasteiger partial charge on any atom is 0.389 e.